The fourth-order valence-electron chi connectivity index (χ4n) is 1.96. The zero-order chi connectivity index (χ0) is 16.8. The molecule has 5 heteroatoms. The third kappa shape index (κ3) is 3.74. The Morgan fingerprint density at radius 1 is 0.826 bits per heavy atom. The minimum Gasteiger partial charge on any atom is -0.489 e. The molecule has 23 heavy (non-hydrogen) atoms. The summed E-state index contributed by atoms with van der Waals surface area (Å²) in [6.07, 6.45) is 2.93. The first-order valence-corrected chi connectivity index (χ1v) is 6.83. The van der Waals surface area contributed by atoms with Gasteiger partial charge in [-0.3, -0.25) is 0 Å². The number of rotatable bonds is 7. The number of halogens is 3. The van der Waals surface area contributed by atoms with Crippen molar-refractivity contribution in [2.24, 2.45) is 0 Å². The largest absolute Gasteiger partial charge is 0.489 e. The Morgan fingerprint density at radius 3 is 2.13 bits per heavy atom. The average molecular weight is 320 g/mol. The molecule has 0 heterocycles. The summed E-state index contributed by atoms with van der Waals surface area (Å²) < 4.78 is 52.4. The first-order chi connectivity index (χ1) is 11.1. The lowest BCUT2D eigenvalue weighted by atomic mass is 10.0. The van der Waals surface area contributed by atoms with Gasteiger partial charge in [0, 0.05) is 17.2 Å². The second-order valence-electron chi connectivity index (χ2n) is 4.58. The lowest BCUT2D eigenvalue weighted by Gasteiger charge is -2.11. The second kappa shape index (κ2) is 7.54. The van der Waals surface area contributed by atoms with Crippen LogP contribution in [0.2, 0.25) is 0 Å². The molecule has 0 bridgehead atoms. The van der Waals surface area contributed by atoms with Gasteiger partial charge in [0.25, 0.3) is 0 Å². The lowest BCUT2D eigenvalue weighted by Crippen LogP contribution is -2.00. The molecule has 0 atom stereocenters. The molecule has 0 aliphatic carbocycles. The van der Waals surface area contributed by atoms with Gasteiger partial charge in [-0.1, -0.05) is 25.3 Å². The van der Waals surface area contributed by atoms with Crippen LogP contribution in [0.3, 0.4) is 0 Å². The highest BCUT2D eigenvalue weighted by Crippen LogP contribution is 2.32. The Hall–Kier alpha value is -2.69. The monoisotopic (exact) mass is 320 g/mol. The first kappa shape index (κ1) is 16.7. The summed E-state index contributed by atoms with van der Waals surface area (Å²) in [5.41, 5.74) is -0.260. The van der Waals surface area contributed by atoms with Crippen molar-refractivity contribution in [1.82, 2.24) is 0 Å². The number of benzene rings is 2. The molecule has 120 valence electrons. The smallest absolute Gasteiger partial charge is 0.201 e. The molecular formula is C18H15F3O2. The Balaban J connectivity index is 2.36. The van der Waals surface area contributed by atoms with Gasteiger partial charge in [-0.15, -0.1) is 0 Å². The van der Waals surface area contributed by atoms with Crippen LogP contribution in [0.5, 0.6) is 11.5 Å². The minimum atomic E-state index is -1.18. The maximum Gasteiger partial charge on any atom is 0.201 e. The van der Waals surface area contributed by atoms with E-state index in [1.807, 2.05) is 0 Å². The van der Waals surface area contributed by atoms with E-state index in [1.54, 1.807) is 0 Å². The highest BCUT2D eigenvalue weighted by atomic mass is 19.2. The van der Waals surface area contributed by atoms with Crippen LogP contribution in [-0.4, -0.2) is 13.2 Å². The van der Waals surface area contributed by atoms with E-state index in [1.165, 1.54) is 36.4 Å². The average Bonchev–Trinajstić information content (AvgIpc) is 2.55. The van der Waals surface area contributed by atoms with E-state index in [2.05, 4.69) is 13.2 Å². The number of hydrogen-bond acceptors (Lipinski definition) is 2. The van der Waals surface area contributed by atoms with Crippen LogP contribution >= 0.6 is 0 Å². The maximum atomic E-state index is 14.2. The summed E-state index contributed by atoms with van der Waals surface area (Å²) in [5, 5.41) is 0. The van der Waals surface area contributed by atoms with E-state index >= 15 is 0 Å². The van der Waals surface area contributed by atoms with E-state index in [0.717, 1.165) is 6.07 Å². The van der Waals surface area contributed by atoms with Crippen molar-refractivity contribution in [2.75, 3.05) is 13.2 Å². The Bertz CT molecular complexity index is 726. The molecular weight excluding hydrogens is 305 g/mol. The Morgan fingerprint density at radius 2 is 1.48 bits per heavy atom. The van der Waals surface area contributed by atoms with Crippen molar-refractivity contribution in [3.8, 4) is 22.6 Å². The molecule has 0 aromatic heterocycles. The Kier molecular flexibility index (Phi) is 5.46. The predicted octanol–water partition coefficient (Wildman–Crippen LogP) is 4.90. The summed E-state index contributed by atoms with van der Waals surface area (Å²) in [7, 11) is 0. The minimum absolute atomic E-state index is 0.0411. The van der Waals surface area contributed by atoms with Gasteiger partial charge in [-0.05, 0) is 24.3 Å². The molecule has 0 amide bonds. The molecule has 2 aromatic rings. The third-order valence-corrected chi connectivity index (χ3v) is 3.00. The fraction of sp³-hybridized carbons (Fsp3) is 0.111. The fourth-order valence-corrected chi connectivity index (χ4v) is 1.96. The van der Waals surface area contributed by atoms with Crippen LogP contribution in [0.1, 0.15) is 0 Å². The van der Waals surface area contributed by atoms with Gasteiger partial charge < -0.3 is 9.47 Å². The summed E-state index contributed by atoms with van der Waals surface area (Å²) in [6, 6.07) is 6.42. The van der Waals surface area contributed by atoms with E-state index in [0.29, 0.717) is 0 Å². The van der Waals surface area contributed by atoms with Crippen LogP contribution in [0, 0.1) is 17.5 Å². The summed E-state index contributed by atoms with van der Waals surface area (Å²) in [5.74, 6) is -3.04. The van der Waals surface area contributed by atoms with Crippen molar-refractivity contribution in [1.29, 1.82) is 0 Å². The SMILES string of the molecule is C=CCOc1ccc(-c2ccc(OCC=C)c(F)c2F)c(F)c1. The molecule has 2 nitrogen and oxygen atoms in total. The number of hydrogen-bond donors (Lipinski definition) is 0. The van der Waals surface area contributed by atoms with Crippen molar-refractivity contribution in [3.63, 3.8) is 0 Å². The molecule has 0 aliphatic heterocycles. The topological polar surface area (TPSA) is 18.5 Å². The quantitative estimate of drug-likeness (QED) is 0.676. The number of ether oxygens (including phenoxy) is 2. The molecule has 2 aromatic carbocycles. The van der Waals surface area contributed by atoms with Crippen LogP contribution in [0.25, 0.3) is 11.1 Å². The van der Waals surface area contributed by atoms with E-state index < -0.39 is 17.5 Å². The standard InChI is InChI=1S/C18H15F3O2/c1-3-9-22-12-5-6-13(15(19)11-12)14-7-8-16(23-10-4-2)18(21)17(14)20/h3-8,11H,1-2,9-10H2. The molecule has 0 radical (unpaired) electrons. The third-order valence-electron chi connectivity index (χ3n) is 3.00. The van der Waals surface area contributed by atoms with Crippen LogP contribution in [-0.2, 0) is 0 Å². The van der Waals surface area contributed by atoms with Crippen LogP contribution in [0.4, 0.5) is 13.2 Å². The molecule has 0 fully saturated rings. The van der Waals surface area contributed by atoms with Gasteiger partial charge in [0.05, 0.1) is 0 Å². The summed E-state index contributed by atoms with van der Waals surface area (Å²) in [6.45, 7) is 7.17. The summed E-state index contributed by atoms with van der Waals surface area (Å²) in [4.78, 5) is 0. The van der Waals surface area contributed by atoms with Gasteiger partial charge in [0.2, 0.25) is 5.82 Å². The first-order valence-electron chi connectivity index (χ1n) is 6.83. The van der Waals surface area contributed by atoms with Crippen LogP contribution < -0.4 is 9.47 Å². The summed E-state index contributed by atoms with van der Waals surface area (Å²) >= 11 is 0. The van der Waals surface area contributed by atoms with Crippen molar-refractivity contribution in [2.45, 2.75) is 0 Å². The van der Waals surface area contributed by atoms with Gasteiger partial charge in [0.1, 0.15) is 24.8 Å². The van der Waals surface area contributed by atoms with E-state index in [-0.39, 0.29) is 35.8 Å². The van der Waals surface area contributed by atoms with Crippen molar-refractivity contribution < 1.29 is 22.6 Å². The normalized spacial score (nSPS) is 10.2. The van der Waals surface area contributed by atoms with Gasteiger partial charge in [-0.2, -0.15) is 4.39 Å². The highest BCUT2D eigenvalue weighted by Gasteiger charge is 2.18. The van der Waals surface area contributed by atoms with Gasteiger partial charge >= 0.3 is 0 Å². The van der Waals surface area contributed by atoms with E-state index in [9.17, 15) is 13.2 Å². The van der Waals surface area contributed by atoms with Gasteiger partial charge in [0.15, 0.2) is 11.6 Å². The second-order valence-corrected chi connectivity index (χ2v) is 4.58. The molecule has 0 spiro atoms. The molecule has 0 aliphatic rings. The highest BCUT2D eigenvalue weighted by molar-refractivity contribution is 5.66. The van der Waals surface area contributed by atoms with Crippen LogP contribution in [0.15, 0.2) is 55.6 Å². The molecule has 0 saturated carbocycles. The molecule has 0 saturated heterocycles. The predicted molar refractivity (Wildman–Crippen MR) is 83.1 cm³/mol. The molecule has 0 N–H and O–H groups in total. The van der Waals surface area contributed by atoms with Crippen molar-refractivity contribution >= 4 is 0 Å². The zero-order valence-corrected chi connectivity index (χ0v) is 12.3. The van der Waals surface area contributed by atoms with Gasteiger partial charge in [-0.25, -0.2) is 8.78 Å². The lowest BCUT2D eigenvalue weighted by molar-refractivity contribution is 0.333. The maximum absolute atomic E-state index is 14.2. The zero-order valence-electron chi connectivity index (χ0n) is 12.3. The molecule has 2 rings (SSSR count). The Labute approximate surface area is 132 Å². The van der Waals surface area contributed by atoms with Crippen molar-refractivity contribution in [3.05, 3.63) is 73.1 Å². The van der Waals surface area contributed by atoms with E-state index in [4.69, 9.17) is 9.47 Å². The molecule has 0 unspecified atom stereocenters.